The van der Waals surface area contributed by atoms with Crippen molar-refractivity contribution in [3.05, 3.63) is 23.5 Å². The molecule has 0 spiro atoms. The smallest absolute Gasteiger partial charge is 0.183 e. The zero-order valence-corrected chi connectivity index (χ0v) is 10.9. The molecule has 1 aromatic rings. The summed E-state index contributed by atoms with van der Waals surface area (Å²) in [5.74, 6) is 0.119. The third-order valence-corrected chi connectivity index (χ3v) is 2.84. The van der Waals surface area contributed by atoms with Crippen LogP contribution in [-0.2, 0) is 0 Å². The Bertz CT molecular complexity index is 333. The molecule has 0 fully saturated rings. The summed E-state index contributed by atoms with van der Waals surface area (Å²) >= 11 is 0. The SMILES string of the molecule is CCCCCCCCC(=O)c1ccc(C)nn1. The van der Waals surface area contributed by atoms with Gasteiger partial charge in [-0.15, -0.1) is 5.10 Å². The lowest BCUT2D eigenvalue weighted by molar-refractivity contribution is 0.0973. The Morgan fingerprint density at radius 1 is 1.06 bits per heavy atom. The Kier molecular flexibility index (Phi) is 6.45. The van der Waals surface area contributed by atoms with E-state index in [1.54, 1.807) is 6.07 Å². The molecule has 0 saturated heterocycles. The number of carbonyl (C=O) groups is 1. The van der Waals surface area contributed by atoms with E-state index in [0.29, 0.717) is 12.1 Å². The Morgan fingerprint density at radius 3 is 2.41 bits per heavy atom. The summed E-state index contributed by atoms with van der Waals surface area (Å²) in [5, 5.41) is 7.81. The quantitative estimate of drug-likeness (QED) is 0.508. The van der Waals surface area contributed by atoms with Gasteiger partial charge in [-0.05, 0) is 25.5 Å². The van der Waals surface area contributed by atoms with Crippen molar-refractivity contribution in [2.75, 3.05) is 0 Å². The number of hydrogen-bond acceptors (Lipinski definition) is 3. The number of carbonyl (C=O) groups excluding carboxylic acids is 1. The first-order chi connectivity index (χ1) is 8.24. The molecule has 0 saturated carbocycles. The number of hydrogen-bond donors (Lipinski definition) is 0. The maximum atomic E-state index is 11.7. The van der Waals surface area contributed by atoms with E-state index >= 15 is 0 Å². The van der Waals surface area contributed by atoms with E-state index in [4.69, 9.17) is 0 Å². The topological polar surface area (TPSA) is 42.9 Å². The largest absolute Gasteiger partial charge is 0.292 e. The van der Waals surface area contributed by atoms with Crippen LogP contribution in [0.4, 0.5) is 0 Å². The number of aryl methyl sites for hydroxylation is 1. The second kappa shape index (κ2) is 7.93. The number of rotatable bonds is 8. The van der Waals surface area contributed by atoms with Gasteiger partial charge in [0, 0.05) is 6.42 Å². The van der Waals surface area contributed by atoms with Crippen LogP contribution in [0.15, 0.2) is 12.1 Å². The van der Waals surface area contributed by atoms with Crippen LogP contribution in [0, 0.1) is 6.92 Å². The summed E-state index contributed by atoms with van der Waals surface area (Å²) in [6.07, 6.45) is 7.80. The molecule has 1 rings (SSSR count). The first-order valence-corrected chi connectivity index (χ1v) is 6.57. The highest BCUT2D eigenvalue weighted by Crippen LogP contribution is 2.09. The first-order valence-electron chi connectivity index (χ1n) is 6.57. The van der Waals surface area contributed by atoms with Crippen molar-refractivity contribution in [3.63, 3.8) is 0 Å². The predicted molar refractivity (Wildman–Crippen MR) is 69.1 cm³/mol. The Morgan fingerprint density at radius 2 is 1.76 bits per heavy atom. The number of Topliss-reactive ketones (excluding diaryl/α,β-unsaturated/α-hetero) is 1. The van der Waals surface area contributed by atoms with E-state index in [1.807, 2.05) is 13.0 Å². The van der Waals surface area contributed by atoms with Crippen LogP contribution in [0.3, 0.4) is 0 Å². The molecule has 3 nitrogen and oxygen atoms in total. The van der Waals surface area contributed by atoms with Gasteiger partial charge in [0.05, 0.1) is 5.69 Å². The molecule has 1 heterocycles. The molecule has 3 heteroatoms. The van der Waals surface area contributed by atoms with Gasteiger partial charge in [-0.3, -0.25) is 4.79 Å². The van der Waals surface area contributed by atoms with Crippen LogP contribution in [0.2, 0.25) is 0 Å². The van der Waals surface area contributed by atoms with Crippen LogP contribution >= 0.6 is 0 Å². The first kappa shape index (κ1) is 13.8. The lowest BCUT2D eigenvalue weighted by Crippen LogP contribution is -2.03. The zero-order chi connectivity index (χ0) is 12.5. The molecule has 0 aliphatic rings. The Labute approximate surface area is 104 Å². The van der Waals surface area contributed by atoms with Crippen molar-refractivity contribution < 1.29 is 4.79 Å². The minimum atomic E-state index is 0.119. The summed E-state index contributed by atoms with van der Waals surface area (Å²) < 4.78 is 0. The number of aromatic nitrogens is 2. The standard InChI is InChI=1S/C14H22N2O/c1-3-4-5-6-7-8-9-14(17)13-11-10-12(2)15-16-13/h10-11H,3-9H2,1-2H3. The highest BCUT2D eigenvalue weighted by molar-refractivity contribution is 5.93. The van der Waals surface area contributed by atoms with Gasteiger partial charge >= 0.3 is 0 Å². The molecule has 0 aromatic carbocycles. The van der Waals surface area contributed by atoms with E-state index in [2.05, 4.69) is 17.1 Å². The fourth-order valence-electron chi connectivity index (χ4n) is 1.74. The summed E-state index contributed by atoms with van der Waals surface area (Å²) in [5.41, 5.74) is 1.35. The molecular formula is C14H22N2O. The molecule has 0 aliphatic heterocycles. The third kappa shape index (κ3) is 5.57. The Hall–Kier alpha value is -1.25. The lowest BCUT2D eigenvalue weighted by Gasteiger charge is -2.01. The second-order valence-corrected chi connectivity index (χ2v) is 4.50. The molecular weight excluding hydrogens is 212 g/mol. The van der Waals surface area contributed by atoms with Crippen molar-refractivity contribution in [1.82, 2.24) is 10.2 Å². The fraction of sp³-hybridized carbons (Fsp3) is 0.643. The average molecular weight is 234 g/mol. The van der Waals surface area contributed by atoms with Gasteiger partial charge in [0.1, 0.15) is 5.69 Å². The van der Waals surface area contributed by atoms with Crippen LogP contribution in [0.5, 0.6) is 0 Å². The van der Waals surface area contributed by atoms with Crippen molar-refractivity contribution >= 4 is 5.78 Å². The fourth-order valence-corrected chi connectivity index (χ4v) is 1.74. The molecule has 1 aromatic heterocycles. The van der Waals surface area contributed by atoms with Crippen LogP contribution in [-0.4, -0.2) is 16.0 Å². The summed E-state index contributed by atoms with van der Waals surface area (Å²) in [4.78, 5) is 11.7. The molecule has 0 N–H and O–H groups in total. The van der Waals surface area contributed by atoms with Crippen LogP contribution in [0.25, 0.3) is 0 Å². The van der Waals surface area contributed by atoms with Crippen molar-refractivity contribution in [3.8, 4) is 0 Å². The van der Waals surface area contributed by atoms with Gasteiger partial charge in [-0.25, -0.2) is 0 Å². The van der Waals surface area contributed by atoms with Crippen LogP contribution < -0.4 is 0 Å². The molecule has 0 atom stereocenters. The molecule has 17 heavy (non-hydrogen) atoms. The van der Waals surface area contributed by atoms with E-state index in [0.717, 1.165) is 18.5 Å². The maximum Gasteiger partial charge on any atom is 0.183 e. The summed E-state index contributed by atoms with van der Waals surface area (Å²) in [6, 6.07) is 3.60. The third-order valence-electron chi connectivity index (χ3n) is 2.84. The monoisotopic (exact) mass is 234 g/mol. The van der Waals surface area contributed by atoms with E-state index in [1.165, 1.54) is 25.7 Å². The highest BCUT2D eigenvalue weighted by Gasteiger charge is 2.06. The number of unbranched alkanes of at least 4 members (excludes halogenated alkanes) is 5. The van der Waals surface area contributed by atoms with Gasteiger partial charge in [-0.1, -0.05) is 39.0 Å². The zero-order valence-electron chi connectivity index (χ0n) is 10.9. The van der Waals surface area contributed by atoms with E-state index in [-0.39, 0.29) is 5.78 Å². The van der Waals surface area contributed by atoms with Gasteiger partial charge < -0.3 is 0 Å². The molecule has 94 valence electrons. The molecule has 0 radical (unpaired) electrons. The summed E-state index contributed by atoms with van der Waals surface area (Å²) in [7, 11) is 0. The van der Waals surface area contributed by atoms with Crippen molar-refractivity contribution in [1.29, 1.82) is 0 Å². The van der Waals surface area contributed by atoms with E-state index in [9.17, 15) is 4.79 Å². The van der Waals surface area contributed by atoms with Gasteiger partial charge in [-0.2, -0.15) is 5.10 Å². The normalized spacial score (nSPS) is 10.5. The van der Waals surface area contributed by atoms with Crippen LogP contribution in [0.1, 0.15) is 68.1 Å². The van der Waals surface area contributed by atoms with Gasteiger partial charge in [0.25, 0.3) is 0 Å². The highest BCUT2D eigenvalue weighted by atomic mass is 16.1. The lowest BCUT2D eigenvalue weighted by atomic mass is 10.1. The second-order valence-electron chi connectivity index (χ2n) is 4.50. The van der Waals surface area contributed by atoms with Gasteiger partial charge in [0.2, 0.25) is 0 Å². The molecule has 0 amide bonds. The minimum Gasteiger partial charge on any atom is -0.292 e. The molecule has 0 bridgehead atoms. The average Bonchev–Trinajstić information content (AvgIpc) is 2.34. The molecule has 0 aliphatic carbocycles. The number of nitrogens with zero attached hydrogens (tertiary/aromatic N) is 2. The van der Waals surface area contributed by atoms with Crippen molar-refractivity contribution in [2.24, 2.45) is 0 Å². The maximum absolute atomic E-state index is 11.7. The van der Waals surface area contributed by atoms with E-state index < -0.39 is 0 Å². The van der Waals surface area contributed by atoms with Gasteiger partial charge in [0.15, 0.2) is 5.78 Å². The summed E-state index contributed by atoms with van der Waals surface area (Å²) in [6.45, 7) is 4.08. The predicted octanol–water partition coefficient (Wildman–Crippen LogP) is 3.72. The minimum absolute atomic E-state index is 0.119. The van der Waals surface area contributed by atoms with Crippen molar-refractivity contribution in [2.45, 2.75) is 58.8 Å². The Balaban J connectivity index is 2.19. The molecule has 0 unspecified atom stereocenters. The number of ketones is 1.